The van der Waals surface area contributed by atoms with E-state index in [1.807, 2.05) is 0 Å². The first kappa shape index (κ1) is 31.9. The lowest BCUT2D eigenvalue weighted by atomic mass is 10.0. The van der Waals surface area contributed by atoms with Crippen LogP contribution in [0.2, 0.25) is 0 Å². The lowest BCUT2D eigenvalue weighted by molar-refractivity contribution is -0.141. The highest BCUT2D eigenvalue weighted by atomic mass is 16.4. The Kier molecular flexibility index (Phi) is 14.0. The van der Waals surface area contributed by atoms with Crippen LogP contribution in [0.5, 0.6) is 0 Å². The van der Waals surface area contributed by atoms with Crippen LogP contribution in [-0.2, 0) is 38.4 Å². The third kappa shape index (κ3) is 13.0. The third-order valence-electron chi connectivity index (χ3n) is 4.54. The Balaban J connectivity index is 5.56. The van der Waals surface area contributed by atoms with Crippen LogP contribution in [0, 0.1) is 5.92 Å². The molecule has 0 aliphatic heterocycles. The van der Waals surface area contributed by atoms with Gasteiger partial charge in [0.2, 0.25) is 17.7 Å². The number of nitrogens with one attached hydrogen (secondary N) is 5. The van der Waals surface area contributed by atoms with Gasteiger partial charge >= 0.3 is 17.9 Å². The molecule has 0 unspecified atom stereocenters. The van der Waals surface area contributed by atoms with Gasteiger partial charge in [0, 0.05) is 13.3 Å². The predicted octanol–water partition coefficient (Wildman–Crippen LogP) is -2.88. The van der Waals surface area contributed by atoms with Crippen molar-refractivity contribution < 1.29 is 53.7 Å². The summed E-state index contributed by atoms with van der Waals surface area (Å²) in [5.74, 6) is -8.20. The third-order valence-corrected chi connectivity index (χ3v) is 4.54. The molecule has 0 saturated carbocycles. The molecule has 0 aromatic heterocycles. The van der Waals surface area contributed by atoms with Gasteiger partial charge in [0.25, 0.3) is 5.91 Å². The van der Waals surface area contributed by atoms with E-state index in [9.17, 15) is 38.4 Å². The highest BCUT2D eigenvalue weighted by molar-refractivity contribution is 5.95. The molecule has 0 bridgehead atoms. The molecule has 0 spiro atoms. The second kappa shape index (κ2) is 15.8. The molecule has 0 radical (unpaired) electrons. The summed E-state index contributed by atoms with van der Waals surface area (Å²) in [6.07, 6.45) is -2.17. The zero-order valence-electron chi connectivity index (χ0n) is 19.9. The average molecular weight is 517 g/mol. The SMILES string of the molecule is CC(=O)N[C@@H](CC(=O)O)C(=O)N[C@@H](CCC(=O)O)C(=O)N[C@H](C(=O)NN[C@H](C=O)CC(=O)O)C(C)C. The molecular formula is C20H31N5O11. The molecule has 4 atom stereocenters. The Morgan fingerprint density at radius 1 is 0.750 bits per heavy atom. The number of aliphatic carboxylic acids is 3. The van der Waals surface area contributed by atoms with Crippen LogP contribution < -0.4 is 26.8 Å². The lowest BCUT2D eigenvalue weighted by Gasteiger charge is -2.26. The smallest absolute Gasteiger partial charge is 0.305 e. The van der Waals surface area contributed by atoms with E-state index in [4.69, 9.17) is 15.3 Å². The summed E-state index contributed by atoms with van der Waals surface area (Å²) in [4.78, 5) is 93.0. The van der Waals surface area contributed by atoms with E-state index >= 15 is 0 Å². The van der Waals surface area contributed by atoms with Crippen LogP contribution in [0.4, 0.5) is 0 Å². The summed E-state index contributed by atoms with van der Waals surface area (Å²) in [6, 6.07) is -5.59. The molecule has 0 aliphatic rings. The number of carboxylic acid groups (broad SMARTS) is 3. The van der Waals surface area contributed by atoms with Crippen molar-refractivity contribution in [3.63, 3.8) is 0 Å². The number of amides is 4. The van der Waals surface area contributed by atoms with E-state index in [1.165, 1.54) is 0 Å². The maximum Gasteiger partial charge on any atom is 0.305 e. The second-order valence-corrected chi connectivity index (χ2v) is 8.05. The van der Waals surface area contributed by atoms with Crippen molar-refractivity contribution in [2.45, 2.75) is 70.6 Å². The van der Waals surface area contributed by atoms with Gasteiger partial charge in [-0.1, -0.05) is 13.8 Å². The quantitative estimate of drug-likeness (QED) is 0.0715. The number of aldehydes is 1. The molecule has 0 saturated heterocycles. The minimum atomic E-state index is -1.55. The largest absolute Gasteiger partial charge is 0.481 e. The maximum atomic E-state index is 12.9. The minimum Gasteiger partial charge on any atom is -0.481 e. The van der Waals surface area contributed by atoms with Gasteiger partial charge in [0.1, 0.15) is 24.4 Å². The lowest BCUT2D eigenvalue weighted by Crippen LogP contribution is -2.59. The number of hydrogen-bond donors (Lipinski definition) is 8. The van der Waals surface area contributed by atoms with E-state index in [1.54, 1.807) is 13.8 Å². The first-order valence-electron chi connectivity index (χ1n) is 10.7. The van der Waals surface area contributed by atoms with Crippen molar-refractivity contribution in [1.29, 1.82) is 0 Å². The van der Waals surface area contributed by atoms with Crippen molar-refractivity contribution in [2.75, 3.05) is 0 Å². The second-order valence-electron chi connectivity index (χ2n) is 8.05. The summed E-state index contributed by atoms with van der Waals surface area (Å²) in [5, 5.41) is 33.4. The molecule has 0 aromatic rings. The molecule has 0 aliphatic carbocycles. The fraction of sp³-hybridized carbons (Fsp3) is 0.600. The van der Waals surface area contributed by atoms with Crippen molar-refractivity contribution in [3.8, 4) is 0 Å². The normalized spacial score (nSPS) is 13.9. The topological polar surface area (TPSA) is 257 Å². The number of carbonyl (C=O) groups is 8. The van der Waals surface area contributed by atoms with Crippen LogP contribution >= 0.6 is 0 Å². The summed E-state index contributed by atoms with van der Waals surface area (Å²) in [5.41, 5.74) is 4.34. The summed E-state index contributed by atoms with van der Waals surface area (Å²) in [6.45, 7) is 4.13. The van der Waals surface area contributed by atoms with Gasteiger partial charge in [0.05, 0.1) is 18.9 Å². The molecule has 16 nitrogen and oxygen atoms in total. The molecule has 0 fully saturated rings. The Hall–Kier alpha value is -4.08. The Morgan fingerprint density at radius 3 is 1.75 bits per heavy atom. The van der Waals surface area contributed by atoms with Crippen LogP contribution in [-0.4, -0.2) is 87.3 Å². The molecule has 202 valence electrons. The molecule has 8 N–H and O–H groups in total. The maximum absolute atomic E-state index is 12.9. The zero-order chi connectivity index (χ0) is 28.0. The highest BCUT2D eigenvalue weighted by Gasteiger charge is 2.32. The summed E-state index contributed by atoms with van der Waals surface area (Å²) in [7, 11) is 0. The molecular weight excluding hydrogens is 486 g/mol. The van der Waals surface area contributed by atoms with Gasteiger partial charge in [-0.2, -0.15) is 0 Å². The number of carboxylic acids is 3. The first-order chi connectivity index (χ1) is 16.7. The molecule has 0 heterocycles. The van der Waals surface area contributed by atoms with Crippen molar-refractivity contribution in [3.05, 3.63) is 0 Å². The van der Waals surface area contributed by atoms with E-state index in [2.05, 4.69) is 26.8 Å². The number of carbonyl (C=O) groups excluding carboxylic acids is 5. The number of hydrazine groups is 1. The molecule has 0 rings (SSSR count). The van der Waals surface area contributed by atoms with E-state index in [0.717, 1.165) is 6.92 Å². The van der Waals surface area contributed by atoms with E-state index in [-0.39, 0.29) is 6.29 Å². The Morgan fingerprint density at radius 2 is 1.31 bits per heavy atom. The molecule has 36 heavy (non-hydrogen) atoms. The van der Waals surface area contributed by atoms with Gasteiger partial charge in [-0.3, -0.25) is 39.0 Å². The van der Waals surface area contributed by atoms with Crippen molar-refractivity contribution in [2.24, 2.45) is 5.92 Å². The molecule has 16 heteroatoms. The standard InChI is InChI=1S/C20H31N5O11/c1-9(2)17(20(36)25-24-11(8-26)6-15(30)31)23-18(34)12(4-5-14(28)29)22-19(35)13(7-16(32)33)21-10(3)27/h8-9,11-13,17,24H,4-7H2,1-3H3,(H,21,27)(H,22,35)(H,23,34)(H,25,36)(H,28,29)(H,30,31)(H,32,33)/t11-,12-,13-,17-/m0/s1. The van der Waals surface area contributed by atoms with Crippen molar-refractivity contribution >= 4 is 47.8 Å². The number of hydrogen-bond acceptors (Lipinski definition) is 9. The monoisotopic (exact) mass is 517 g/mol. The predicted molar refractivity (Wildman–Crippen MR) is 119 cm³/mol. The fourth-order valence-corrected chi connectivity index (χ4v) is 2.79. The average Bonchev–Trinajstić information content (AvgIpc) is 2.75. The van der Waals surface area contributed by atoms with Gasteiger partial charge in [-0.25, -0.2) is 5.43 Å². The molecule has 0 aromatic carbocycles. The Bertz CT molecular complexity index is 845. The fourth-order valence-electron chi connectivity index (χ4n) is 2.79. The van der Waals surface area contributed by atoms with Crippen LogP contribution in [0.3, 0.4) is 0 Å². The Labute approximate surface area is 205 Å². The van der Waals surface area contributed by atoms with Gasteiger partial charge < -0.3 is 36.1 Å². The van der Waals surface area contributed by atoms with Gasteiger partial charge in [-0.15, -0.1) is 0 Å². The van der Waals surface area contributed by atoms with E-state index in [0.29, 0.717) is 0 Å². The van der Waals surface area contributed by atoms with Crippen molar-refractivity contribution in [1.82, 2.24) is 26.8 Å². The van der Waals surface area contributed by atoms with Gasteiger partial charge in [0.15, 0.2) is 0 Å². The highest BCUT2D eigenvalue weighted by Crippen LogP contribution is 2.06. The molecule has 4 amide bonds. The summed E-state index contributed by atoms with van der Waals surface area (Å²) >= 11 is 0. The number of rotatable bonds is 17. The van der Waals surface area contributed by atoms with Crippen LogP contribution in [0.1, 0.15) is 46.5 Å². The van der Waals surface area contributed by atoms with Crippen LogP contribution in [0.25, 0.3) is 0 Å². The van der Waals surface area contributed by atoms with E-state index < -0.39 is 97.3 Å². The van der Waals surface area contributed by atoms with Gasteiger partial charge in [-0.05, 0) is 12.3 Å². The first-order valence-corrected chi connectivity index (χ1v) is 10.7. The summed E-state index contributed by atoms with van der Waals surface area (Å²) < 4.78 is 0. The minimum absolute atomic E-state index is 0.261. The van der Waals surface area contributed by atoms with Crippen LogP contribution in [0.15, 0.2) is 0 Å². The zero-order valence-corrected chi connectivity index (χ0v) is 19.9.